The number of amidine groups is 4. The van der Waals surface area contributed by atoms with E-state index in [1.165, 1.54) is 0 Å². The van der Waals surface area contributed by atoms with Crippen LogP contribution in [0.3, 0.4) is 0 Å². The number of aliphatic carboxylic acids is 1. The summed E-state index contributed by atoms with van der Waals surface area (Å²) in [7, 11) is -39.1. The summed E-state index contributed by atoms with van der Waals surface area (Å²) in [4.78, 5) is 72.9. The molecule has 0 spiro atoms. The van der Waals surface area contributed by atoms with Crippen LogP contribution < -0.4 is 21.6 Å². The van der Waals surface area contributed by atoms with Crippen molar-refractivity contribution in [3.63, 3.8) is 0 Å². The molecule has 652 valence electrons. The van der Waals surface area contributed by atoms with E-state index in [9.17, 15) is 92.5 Å². The highest BCUT2D eigenvalue weighted by Gasteiger charge is 2.58. The van der Waals surface area contributed by atoms with Crippen LogP contribution in [0.4, 0.5) is 11.6 Å². The summed E-state index contributed by atoms with van der Waals surface area (Å²) in [6.45, 7) is 7.97. The lowest BCUT2D eigenvalue weighted by atomic mass is 9.95. The molecule has 2 amide bonds. The Hall–Kier alpha value is -7.40. The van der Waals surface area contributed by atoms with Gasteiger partial charge in [-0.15, -0.1) is 0 Å². The fraction of sp³-hybridized carbons (Fsp3) is 0.527. The number of quaternary nitrogens is 2. The third-order valence-electron chi connectivity index (χ3n) is 21.7. The number of benzene rings is 4. The topological polar surface area (TPSA) is 524 Å². The number of rotatable bonds is 50. The molecular weight excluding hydrogens is 1720 g/mol. The molecule has 4 aliphatic rings. The van der Waals surface area contributed by atoms with Crippen LogP contribution in [-0.4, -0.2) is 267 Å². The van der Waals surface area contributed by atoms with Gasteiger partial charge in [-0.2, -0.15) is 50.5 Å². The predicted octanol–water partition coefficient (Wildman–Crippen LogP) is 6.95. The molecule has 45 heteroatoms. The van der Waals surface area contributed by atoms with E-state index in [1.807, 2.05) is 119 Å². The molecule has 0 saturated heterocycles. The normalized spacial score (nSPS) is 15.8. The summed E-state index contributed by atoms with van der Waals surface area (Å²) in [5.74, 6) is -4.96. The van der Waals surface area contributed by atoms with Gasteiger partial charge in [0.15, 0.2) is 40.0 Å². The van der Waals surface area contributed by atoms with Crippen molar-refractivity contribution < 1.29 is 115 Å². The molecule has 6 aromatic rings. The molecule has 0 aliphatic carbocycles. The number of unbranched alkanes of at least 4 members (excludes halogenated alkanes) is 1. The fourth-order valence-corrected chi connectivity index (χ4v) is 31.9. The van der Waals surface area contributed by atoms with Crippen molar-refractivity contribution in [3.8, 4) is 0 Å². The van der Waals surface area contributed by atoms with Crippen molar-refractivity contribution in [2.24, 2.45) is 35.9 Å². The highest BCUT2D eigenvalue weighted by molar-refractivity contribution is 7.87. The van der Waals surface area contributed by atoms with E-state index in [-0.39, 0.29) is 164 Å². The number of carboxylic acid groups (broad SMARTS) is 1. The average molecular weight is 1820 g/mol. The molecule has 2 aromatic heterocycles. The smallest absolute Gasteiger partial charge is 0.481 e. The van der Waals surface area contributed by atoms with E-state index in [4.69, 9.17) is 38.2 Å². The number of hydrogen-bond donors (Lipinski definition) is 9. The van der Waals surface area contributed by atoms with Crippen LogP contribution in [0.15, 0.2) is 127 Å². The van der Waals surface area contributed by atoms with Crippen molar-refractivity contribution in [2.45, 2.75) is 141 Å². The largest absolute Gasteiger partial charge is 0.582 e. The van der Waals surface area contributed by atoms with E-state index in [1.54, 1.807) is 0 Å². The van der Waals surface area contributed by atoms with E-state index in [0.29, 0.717) is 121 Å². The molecule has 119 heavy (non-hydrogen) atoms. The number of nitrogens with one attached hydrogen (secondary N) is 2. The van der Waals surface area contributed by atoms with Gasteiger partial charge in [0.2, 0.25) is 11.8 Å². The molecule has 9 N–H and O–H groups in total. The molecule has 10 rings (SSSR count). The minimum atomic E-state index is -4.90. The van der Waals surface area contributed by atoms with E-state index in [2.05, 4.69) is 23.7 Å². The molecule has 0 saturated carbocycles. The Labute approximate surface area is 696 Å². The van der Waals surface area contributed by atoms with Gasteiger partial charge in [0, 0.05) is 114 Å². The van der Waals surface area contributed by atoms with Gasteiger partial charge in [0.05, 0.1) is 86.9 Å². The van der Waals surface area contributed by atoms with Gasteiger partial charge >= 0.3 is 14.9 Å². The van der Waals surface area contributed by atoms with Crippen molar-refractivity contribution in [3.05, 3.63) is 130 Å². The Morgan fingerprint density at radius 3 is 1.03 bits per heavy atom. The van der Waals surface area contributed by atoms with Crippen LogP contribution in [0.25, 0.3) is 21.5 Å². The van der Waals surface area contributed by atoms with Gasteiger partial charge in [0.25, 0.3) is 60.7 Å². The minimum absolute atomic E-state index is 0.00775. The van der Waals surface area contributed by atoms with Crippen LogP contribution in [-0.2, 0) is 83.3 Å². The Bertz CT molecular complexity index is 5310. The van der Waals surface area contributed by atoms with Crippen LogP contribution in [0.1, 0.15) is 125 Å². The number of aliphatic imine (C=N–C) groups is 4. The van der Waals surface area contributed by atoms with Crippen molar-refractivity contribution >= 4 is 161 Å². The Morgan fingerprint density at radius 2 is 0.697 bits per heavy atom. The van der Waals surface area contributed by atoms with Crippen molar-refractivity contribution in [2.75, 3.05) is 100.0 Å². The van der Waals surface area contributed by atoms with Gasteiger partial charge in [-0.3, -0.25) is 50.2 Å². The number of fused-ring (bicyclic) bond motifs is 14. The molecule has 6 bridgehead atoms. The first kappa shape index (κ1) is 93.9. The highest BCUT2D eigenvalue weighted by Crippen LogP contribution is 2.46. The van der Waals surface area contributed by atoms with E-state index >= 15 is 4.79 Å². The third-order valence-corrected chi connectivity index (χ3v) is 38.1. The molecule has 4 aliphatic heterocycles. The second kappa shape index (κ2) is 39.0. The molecule has 0 radical (unpaired) electrons. The summed E-state index contributed by atoms with van der Waals surface area (Å²) in [5.41, 5.74) is 3.57. The van der Waals surface area contributed by atoms with Gasteiger partial charge in [-0.25, -0.2) is 30.0 Å². The monoisotopic (exact) mass is 1820 g/mol. The minimum Gasteiger partial charge on any atom is -0.481 e. The van der Waals surface area contributed by atoms with E-state index in [0.717, 1.165) is 0 Å². The molecule has 6 heterocycles. The van der Waals surface area contributed by atoms with Crippen molar-refractivity contribution in [1.82, 2.24) is 19.1 Å². The lowest BCUT2D eigenvalue weighted by Gasteiger charge is -2.43. The van der Waals surface area contributed by atoms with Gasteiger partial charge in [-0.1, -0.05) is 97.1 Å². The summed E-state index contributed by atoms with van der Waals surface area (Å²) in [5, 5.41) is 18.1. The lowest BCUT2D eigenvalue weighted by Crippen LogP contribution is -2.70. The molecule has 0 fully saturated rings. The first-order chi connectivity index (χ1) is 55.7. The van der Waals surface area contributed by atoms with Gasteiger partial charge < -0.3 is 32.9 Å². The number of amides is 2. The first-order valence-corrected chi connectivity index (χ1v) is 57.2. The summed E-state index contributed by atoms with van der Waals surface area (Å²) >= 11 is 0. The molecular formula is C74H106N12O24S6Si3+2. The standard InChI is InChI=1S/C74H104N12O24S6Si3/c1-117(2,53-17-37-75-64(87)35-13-14-36-65(88)89)109-119(83-70-60-31-9-10-32-61(60)72(83)81-68-58-29-7-8-30-59(58)69(78-68)82-73-63-34-12-11-33-62(63)71(84(73)119)80-67-57-28-6-5-27-56(57)66(77-67)79-70)110-118(3,4)54-18-38-76-74(90)55(25-15-39-85(41-19-47-111(91,92)93,42-20-48-112(94,95)96)43-21-49-113(97,98)99)26-16-40-86(44-22-50-114(100,101)102,45-23-51-115(103,104)105)46-24-52-116(106,107)108/h5-12,27-34,55H,13-26,35-54H2,1-4H3,(H7-2,75,76,87,88,89,90,91,92,93,94,95,96,97,98,99,100,101,102,103,104,105,106,107,108)/p+2. The Kier molecular flexibility index (Phi) is 30.8. The number of hydrogen-bond acceptors (Lipinski definition) is 23. The maximum Gasteiger partial charge on any atom is 0.582 e. The first-order valence-electron chi connectivity index (χ1n) is 39.6. The Morgan fingerprint density at radius 1 is 0.395 bits per heavy atom. The molecule has 36 nitrogen and oxygen atoms in total. The SMILES string of the molecule is C[Si](C)(CCCNC(=O)CCCCC(=O)O)O[Si]1(O[Si](C)(C)CCCNC(=O)C(CCC[N+](CCCS(=O)(=O)O)(CCCS(=O)(=O)O)CCCS(=O)(=O)O)CCC[N+](CCCS(=O)(=O)O)(CCCS(=O)(=O)O)CCCS(=O)(=O)O)n2c3c4ccccc4c2N=C2N=C(N=c4c5ccccc5c(n41)=NC1=NC(=N3)c3ccccc31)c1ccccc12. The maximum absolute atomic E-state index is 15.4. The Balaban J connectivity index is 1.07. The van der Waals surface area contributed by atoms with E-state index < -0.39 is 139 Å². The second-order valence-corrected chi connectivity index (χ2v) is 53.2. The van der Waals surface area contributed by atoms with Crippen LogP contribution >= 0.6 is 0 Å². The van der Waals surface area contributed by atoms with Gasteiger partial charge in [-0.05, 0) is 89.6 Å². The van der Waals surface area contributed by atoms with Crippen molar-refractivity contribution in [1.29, 1.82) is 0 Å². The van der Waals surface area contributed by atoms with Crippen LogP contribution in [0.2, 0.25) is 38.3 Å². The van der Waals surface area contributed by atoms with Gasteiger partial charge in [0.1, 0.15) is 22.6 Å². The number of aromatic nitrogens is 2. The number of carboxylic acids is 1. The number of carbonyl (C=O) groups excluding carboxylic acids is 2. The number of carbonyl (C=O) groups is 3. The summed E-state index contributed by atoms with van der Waals surface area (Å²) < 4.78 is 225. The molecule has 1 unspecified atom stereocenters. The molecule has 4 aromatic carbocycles. The van der Waals surface area contributed by atoms with Crippen LogP contribution in [0, 0.1) is 5.92 Å². The average Bonchev–Trinajstić information content (AvgIpc) is 1.53. The molecule has 1 atom stereocenters. The lowest BCUT2D eigenvalue weighted by molar-refractivity contribution is -0.928. The highest BCUT2D eigenvalue weighted by atomic mass is 32.2. The fourth-order valence-electron chi connectivity index (χ4n) is 16.3. The summed E-state index contributed by atoms with van der Waals surface area (Å²) in [6.07, 6.45) is 0.415. The predicted molar refractivity (Wildman–Crippen MR) is 457 cm³/mol. The maximum atomic E-state index is 15.4. The zero-order valence-electron chi connectivity index (χ0n) is 66.8. The quantitative estimate of drug-likeness (QED) is 0.00807. The number of nitrogens with zero attached hydrogens (tertiary/aromatic N) is 10. The third kappa shape index (κ3) is 26.6. The summed E-state index contributed by atoms with van der Waals surface area (Å²) in [6, 6.07) is 31.5. The zero-order valence-corrected chi connectivity index (χ0v) is 74.7. The van der Waals surface area contributed by atoms with Crippen LogP contribution in [0.5, 0.6) is 0 Å². The zero-order chi connectivity index (χ0) is 86.6. The second-order valence-electron chi connectivity index (χ2n) is 32.1.